The minimum Gasteiger partial charge on any atom is -0.344 e. The minimum absolute atomic E-state index is 0.944. The molecule has 0 aliphatic rings. The van der Waals surface area contributed by atoms with Crippen LogP contribution in [-0.4, -0.2) is 36.7 Å². The molecule has 4 heteroatoms. The van der Waals surface area contributed by atoms with Crippen LogP contribution < -0.4 is 10.2 Å². The molecular weight excluding hydrogens is 212 g/mol. The third-order valence-electron chi connectivity index (χ3n) is 2.99. The topological polar surface area (TPSA) is 33.1 Å². The summed E-state index contributed by atoms with van der Waals surface area (Å²) in [5, 5.41) is 3.16. The van der Waals surface area contributed by atoms with Crippen molar-refractivity contribution in [3.05, 3.63) is 24.3 Å². The summed E-state index contributed by atoms with van der Waals surface area (Å²) in [4.78, 5) is 6.89. The summed E-state index contributed by atoms with van der Waals surface area (Å²) in [6, 6.07) is 8.29. The van der Waals surface area contributed by atoms with Crippen LogP contribution in [0, 0.1) is 0 Å². The highest BCUT2D eigenvalue weighted by molar-refractivity contribution is 5.78. The summed E-state index contributed by atoms with van der Waals surface area (Å²) < 4.78 is 2.25. The molecule has 0 bridgehead atoms. The van der Waals surface area contributed by atoms with Crippen molar-refractivity contribution in [1.82, 2.24) is 14.9 Å². The zero-order chi connectivity index (χ0) is 12.3. The maximum Gasteiger partial charge on any atom is 0.206 e. The van der Waals surface area contributed by atoms with Gasteiger partial charge in [0.15, 0.2) is 0 Å². The zero-order valence-corrected chi connectivity index (χ0v) is 10.8. The summed E-state index contributed by atoms with van der Waals surface area (Å²) in [6.07, 6.45) is 0. The average molecular weight is 232 g/mol. The number of anilines is 1. The lowest BCUT2D eigenvalue weighted by Gasteiger charge is -2.19. The third kappa shape index (κ3) is 2.26. The highest BCUT2D eigenvalue weighted by Crippen LogP contribution is 2.21. The zero-order valence-electron chi connectivity index (χ0n) is 10.8. The van der Waals surface area contributed by atoms with Crippen molar-refractivity contribution in [2.45, 2.75) is 13.5 Å². The van der Waals surface area contributed by atoms with E-state index in [0.717, 1.165) is 31.1 Å². The largest absolute Gasteiger partial charge is 0.344 e. The number of hydrogen-bond donors (Lipinski definition) is 1. The molecule has 1 N–H and O–H groups in total. The molecule has 2 rings (SSSR count). The molecule has 0 fully saturated rings. The van der Waals surface area contributed by atoms with Gasteiger partial charge >= 0.3 is 0 Å². The fourth-order valence-electron chi connectivity index (χ4n) is 2.05. The summed E-state index contributed by atoms with van der Waals surface area (Å²) in [5.74, 6) is 1.05. The van der Waals surface area contributed by atoms with Gasteiger partial charge < -0.3 is 14.8 Å². The highest BCUT2D eigenvalue weighted by atomic mass is 15.3. The maximum absolute atomic E-state index is 4.70. The van der Waals surface area contributed by atoms with Crippen LogP contribution in [0.3, 0.4) is 0 Å². The second kappa shape index (κ2) is 5.19. The Kier molecular flexibility index (Phi) is 3.64. The number of aryl methyl sites for hydroxylation is 1. The van der Waals surface area contributed by atoms with Gasteiger partial charge in [-0.3, -0.25) is 0 Å². The first-order chi connectivity index (χ1) is 8.27. The average Bonchev–Trinajstić information content (AvgIpc) is 2.74. The van der Waals surface area contributed by atoms with Crippen LogP contribution in [0.25, 0.3) is 11.0 Å². The Morgan fingerprint density at radius 3 is 2.82 bits per heavy atom. The molecule has 17 heavy (non-hydrogen) atoms. The normalized spacial score (nSPS) is 11.0. The molecular formula is C13H20N4. The van der Waals surface area contributed by atoms with Crippen molar-refractivity contribution in [2.75, 3.05) is 32.1 Å². The SMILES string of the molecule is CCn1c(N(C)CCNC)nc2ccccc21. The van der Waals surface area contributed by atoms with Crippen molar-refractivity contribution in [1.29, 1.82) is 0 Å². The third-order valence-corrected chi connectivity index (χ3v) is 2.99. The van der Waals surface area contributed by atoms with E-state index in [1.54, 1.807) is 0 Å². The molecule has 0 amide bonds. The van der Waals surface area contributed by atoms with Crippen LogP contribution in [0.4, 0.5) is 5.95 Å². The highest BCUT2D eigenvalue weighted by Gasteiger charge is 2.12. The molecule has 0 unspecified atom stereocenters. The standard InChI is InChI=1S/C13H20N4/c1-4-17-12-8-6-5-7-11(12)15-13(17)16(3)10-9-14-2/h5-8,14H,4,9-10H2,1-3H3. The molecule has 2 aromatic rings. The number of para-hydroxylation sites is 2. The number of hydrogen-bond acceptors (Lipinski definition) is 3. The van der Waals surface area contributed by atoms with E-state index in [-0.39, 0.29) is 0 Å². The molecule has 0 aliphatic carbocycles. The van der Waals surface area contributed by atoms with Gasteiger partial charge in [0.1, 0.15) is 0 Å². The van der Waals surface area contributed by atoms with E-state index in [0.29, 0.717) is 0 Å². The molecule has 1 aromatic carbocycles. The van der Waals surface area contributed by atoms with E-state index in [1.807, 2.05) is 13.1 Å². The first-order valence-corrected chi connectivity index (χ1v) is 6.09. The lowest BCUT2D eigenvalue weighted by Crippen LogP contribution is -2.29. The summed E-state index contributed by atoms with van der Waals surface area (Å²) in [6.45, 7) is 5.02. The van der Waals surface area contributed by atoms with Crippen molar-refractivity contribution >= 4 is 17.0 Å². The second-order valence-electron chi connectivity index (χ2n) is 4.17. The lowest BCUT2D eigenvalue weighted by molar-refractivity contribution is 0.712. The number of nitrogens with zero attached hydrogens (tertiary/aromatic N) is 3. The smallest absolute Gasteiger partial charge is 0.206 e. The van der Waals surface area contributed by atoms with E-state index in [9.17, 15) is 0 Å². The molecule has 0 aliphatic heterocycles. The Bertz CT molecular complexity index is 489. The van der Waals surface area contributed by atoms with Crippen molar-refractivity contribution in [3.63, 3.8) is 0 Å². The van der Waals surface area contributed by atoms with Gasteiger partial charge in [-0.1, -0.05) is 12.1 Å². The molecule has 1 heterocycles. The van der Waals surface area contributed by atoms with Gasteiger partial charge in [0.25, 0.3) is 0 Å². The molecule has 0 spiro atoms. The van der Waals surface area contributed by atoms with Crippen molar-refractivity contribution in [3.8, 4) is 0 Å². The second-order valence-corrected chi connectivity index (χ2v) is 4.17. The summed E-state index contributed by atoms with van der Waals surface area (Å²) in [7, 11) is 4.06. The van der Waals surface area contributed by atoms with Crippen molar-refractivity contribution < 1.29 is 0 Å². The van der Waals surface area contributed by atoms with Gasteiger partial charge in [0, 0.05) is 26.7 Å². The number of likely N-dealkylation sites (N-methyl/N-ethyl adjacent to an activating group) is 2. The molecule has 92 valence electrons. The number of fused-ring (bicyclic) bond motifs is 1. The van der Waals surface area contributed by atoms with Gasteiger partial charge in [0.05, 0.1) is 11.0 Å². The molecule has 1 aromatic heterocycles. The van der Waals surface area contributed by atoms with Crippen LogP contribution >= 0.6 is 0 Å². The maximum atomic E-state index is 4.70. The molecule has 0 radical (unpaired) electrons. The predicted molar refractivity (Wildman–Crippen MR) is 72.6 cm³/mol. The Balaban J connectivity index is 2.38. The van der Waals surface area contributed by atoms with Gasteiger partial charge in [-0.2, -0.15) is 0 Å². The van der Waals surface area contributed by atoms with Gasteiger partial charge in [-0.15, -0.1) is 0 Å². The Morgan fingerprint density at radius 2 is 2.12 bits per heavy atom. The van der Waals surface area contributed by atoms with Crippen LogP contribution in [0.15, 0.2) is 24.3 Å². The van der Waals surface area contributed by atoms with Crippen molar-refractivity contribution in [2.24, 2.45) is 0 Å². The van der Waals surface area contributed by atoms with E-state index in [1.165, 1.54) is 5.52 Å². The predicted octanol–water partition coefficient (Wildman–Crippen LogP) is 1.71. The summed E-state index contributed by atoms with van der Waals surface area (Å²) in [5.41, 5.74) is 2.28. The summed E-state index contributed by atoms with van der Waals surface area (Å²) >= 11 is 0. The van der Waals surface area contributed by atoms with E-state index < -0.39 is 0 Å². The van der Waals surface area contributed by atoms with E-state index in [2.05, 4.69) is 47.0 Å². The fourth-order valence-corrected chi connectivity index (χ4v) is 2.05. The van der Waals surface area contributed by atoms with E-state index in [4.69, 9.17) is 4.98 Å². The number of aromatic nitrogens is 2. The van der Waals surface area contributed by atoms with Gasteiger partial charge in [-0.05, 0) is 26.1 Å². The molecule has 4 nitrogen and oxygen atoms in total. The number of benzene rings is 1. The van der Waals surface area contributed by atoms with Crippen LogP contribution in [0.2, 0.25) is 0 Å². The van der Waals surface area contributed by atoms with Crippen LogP contribution in [-0.2, 0) is 6.54 Å². The lowest BCUT2D eigenvalue weighted by atomic mass is 10.3. The Morgan fingerprint density at radius 1 is 1.35 bits per heavy atom. The number of rotatable bonds is 5. The molecule has 0 saturated heterocycles. The van der Waals surface area contributed by atoms with Gasteiger partial charge in [0.2, 0.25) is 5.95 Å². The quantitative estimate of drug-likeness (QED) is 0.852. The first kappa shape index (κ1) is 11.9. The fraction of sp³-hybridized carbons (Fsp3) is 0.462. The van der Waals surface area contributed by atoms with Crippen LogP contribution in [0.1, 0.15) is 6.92 Å². The Hall–Kier alpha value is -1.55. The monoisotopic (exact) mass is 232 g/mol. The minimum atomic E-state index is 0.944. The Labute approximate surface area is 102 Å². The molecule has 0 atom stereocenters. The number of nitrogens with one attached hydrogen (secondary N) is 1. The number of imidazole rings is 1. The van der Waals surface area contributed by atoms with E-state index >= 15 is 0 Å². The molecule has 0 saturated carbocycles. The van der Waals surface area contributed by atoms with Crippen LogP contribution in [0.5, 0.6) is 0 Å². The van der Waals surface area contributed by atoms with Gasteiger partial charge in [-0.25, -0.2) is 4.98 Å². The first-order valence-electron chi connectivity index (χ1n) is 6.09.